The highest BCUT2D eigenvalue weighted by Crippen LogP contribution is 2.35. The molecule has 0 saturated heterocycles. The minimum absolute atomic E-state index is 0.0635. The molecule has 0 N–H and O–H groups in total. The van der Waals surface area contributed by atoms with Gasteiger partial charge >= 0.3 is 21.6 Å². The molecule has 0 aliphatic heterocycles. The van der Waals surface area contributed by atoms with Crippen LogP contribution in [-0.4, -0.2) is 47.7 Å². The molecule has 0 amide bonds. The Morgan fingerprint density at radius 1 is 1.18 bits per heavy atom. The monoisotopic (exact) mass is 422 g/mol. The molecule has 0 atom stereocenters. The summed E-state index contributed by atoms with van der Waals surface area (Å²) in [6.45, 7) is 0. The highest BCUT2D eigenvalue weighted by Gasteiger charge is 2.49. The Labute approximate surface area is 154 Å². The summed E-state index contributed by atoms with van der Waals surface area (Å²) in [7, 11) is -3.50. The van der Waals surface area contributed by atoms with Crippen LogP contribution in [-0.2, 0) is 10.1 Å². The van der Waals surface area contributed by atoms with Crippen LogP contribution in [0.25, 0.3) is 16.8 Å². The van der Waals surface area contributed by atoms with Crippen molar-refractivity contribution in [3.05, 3.63) is 30.3 Å². The van der Waals surface area contributed by atoms with Crippen molar-refractivity contribution in [2.24, 2.45) is 0 Å². The number of rotatable bonds is 5. The van der Waals surface area contributed by atoms with Gasteiger partial charge in [-0.05, 0) is 6.07 Å². The first-order valence-corrected chi connectivity index (χ1v) is 8.62. The fourth-order valence-electron chi connectivity index (χ4n) is 2.19. The van der Waals surface area contributed by atoms with Crippen LogP contribution in [0.5, 0.6) is 17.6 Å². The third kappa shape index (κ3) is 3.37. The fraction of sp³-hybridized carbons (Fsp3) is 0.214. The molecule has 3 rings (SSSR count). The van der Waals surface area contributed by atoms with Crippen molar-refractivity contribution >= 4 is 15.6 Å². The number of aromatic nitrogens is 4. The first kappa shape index (κ1) is 19.6. The van der Waals surface area contributed by atoms with Crippen molar-refractivity contribution in [1.29, 1.82) is 0 Å². The van der Waals surface area contributed by atoms with Crippen LogP contribution in [0.2, 0.25) is 0 Å². The Bertz CT molecular complexity index is 1150. The molecule has 9 nitrogen and oxygen atoms in total. The van der Waals surface area contributed by atoms with Gasteiger partial charge in [-0.3, -0.25) is 0 Å². The molecule has 14 heteroatoms. The van der Waals surface area contributed by atoms with Gasteiger partial charge < -0.3 is 13.7 Å². The molecule has 0 aromatic carbocycles. The van der Waals surface area contributed by atoms with Gasteiger partial charge in [0.2, 0.25) is 5.88 Å². The summed E-state index contributed by atoms with van der Waals surface area (Å²) in [5.41, 5.74) is -6.40. The predicted octanol–water partition coefficient (Wildman–Crippen LogP) is 2.18. The Balaban J connectivity index is 2.22. The second kappa shape index (κ2) is 6.78. The average Bonchev–Trinajstić information content (AvgIpc) is 3.01. The van der Waals surface area contributed by atoms with Gasteiger partial charge in [0.15, 0.2) is 11.6 Å². The lowest BCUT2D eigenvalue weighted by Gasteiger charge is -2.13. The normalized spacial score (nSPS) is 12.2. The third-order valence-electron chi connectivity index (χ3n) is 3.40. The van der Waals surface area contributed by atoms with Gasteiger partial charge in [0.1, 0.15) is 11.2 Å². The maximum Gasteiger partial charge on any atom is 0.534 e. The van der Waals surface area contributed by atoms with E-state index in [0.717, 1.165) is 22.8 Å². The van der Waals surface area contributed by atoms with Crippen LogP contribution in [0.15, 0.2) is 24.5 Å². The molecule has 0 fully saturated rings. The highest BCUT2D eigenvalue weighted by molar-refractivity contribution is 7.88. The van der Waals surface area contributed by atoms with E-state index in [1.54, 1.807) is 0 Å². The van der Waals surface area contributed by atoms with E-state index in [2.05, 4.69) is 19.2 Å². The van der Waals surface area contributed by atoms with Crippen LogP contribution in [0.1, 0.15) is 0 Å². The lowest BCUT2D eigenvalue weighted by molar-refractivity contribution is -0.0499. The summed E-state index contributed by atoms with van der Waals surface area (Å²) >= 11 is 0. The van der Waals surface area contributed by atoms with Crippen molar-refractivity contribution in [3.8, 4) is 28.9 Å². The van der Waals surface area contributed by atoms with Gasteiger partial charge in [0.25, 0.3) is 0 Å². The maximum atomic E-state index is 14.0. The minimum atomic E-state index is -6.05. The summed E-state index contributed by atoms with van der Waals surface area (Å²) in [4.78, 5) is 7.73. The lowest BCUT2D eigenvalue weighted by Crippen LogP contribution is -2.28. The number of fused-ring (bicyclic) bond motifs is 1. The van der Waals surface area contributed by atoms with E-state index in [4.69, 9.17) is 9.47 Å². The van der Waals surface area contributed by atoms with E-state index in [9.17, 15) is 26.0 Å². The van der Waals surface area contributed by atoms with Gasteiger partial charge in [0.05, 0.1) is 19.8 Å². The van der Waals surface area contributed by atoms with Crippen molar-refractivity contribution in [2.45, 2.75) is 5.51 Å². The second-order valence-electron chi connectivity index (χ2n) is 5.11. The van der Waals surface area contributed by atoms with Gasteiger partial charge in [-0.25, -0.2) is 13.9 Å². The molecule has 0 aliphatic carbocycles. The summed E-state index contributed by atoms with van der Waals surface area (Å²) in [6.07, 6.45) is 2.25. The Morgan fingerprint density at radius 2 is 1.89 bits per heavy atom. The van der Waals surface area contributed by atoms with Crippen molar-refractivity contribution in [3.63, 3.8) is 0 Å². The van der Waals surface area contributed by atoms with Gasteiger partial charge in [-0.2, -0.15) is 31.7 Å². The number of alkyl halides is 3. The van der Waals surface area contributed by atoms with E-state index in [1.165, 1.54) is 20.4 Å². The van der Waals surface area contributed by atoms with E-state index < -0.39 is 32.7 Å². The topological polar surface area (TPSA) is 105 Å². The third-order valence-corrected chi connectivity index (χ3v) is 4.37. The Kier molecular flexibility index (Phi) is 4.74. The molecule has 150 valence electrons. The molecule has 0 aliphatic rings. The summed E-state index contributed by atoms with van der Waals surface area (Å²) in [6, 6.07) is 1.61. The first-order chi connectivity index (χ1) is 13.1. The minimum Gasteiger partial charge on any atom is -0.480 e. The zero-order valence-electron chi connectivity index (χ0n) is 14.1. The van der Waals surface area contributed by atoms with E-state index in [-0.39, 0.29) is 23.1 Å². The van der Waals surface area contributed by atoms with Crippen LogP contribution >= 0.6 is 0 Å². The highest BCUT2D eigenvalue weighted by atomic mass is 32.2. The standard InChI is InChI=1S/C14H10F4N4O5S/c1-25-12-7(6-19-13(20-12)26-2)9-5-10(27-28(23,24)14(16,17)18)11-8(15)3-4-22(11)21-9/h3-6H,1-2H3. The summed E-state index contributed by atoms with van der Waals surface area (Å²) in [5, 5.41) is 4.00. The summed E-state index contributed by atoms with van der Waals surface area (Å²) in [5.74, 6) is -2.04. The van der Waals surface area contributed by atoms with E-state index in [0.29, 0.717) is 0 Å². The number of nitrogens with zero attached hydrogens (tertiary/aromatic N) is 4. The molecular formula is C14H10F4N4O5S. The quantitative estimate of drug-likeness (QED) is 0.350. The molecule has 28 heavy (non-hydrogen) atoms. The van der Waals surface area contributed by atoms with Crippen molar-refractivity contribution in [1.82, 2.24) is 19.6 Å². The second-order valence-corrected chi connectivity index (χ2v) is 6.65. The fourth-order valence-corrected chi connectivity index (χ4v) is 2.65. The summed E-state index contributed by atoms with van der Waals surface area (Å²) < 4.78 is 89.7. The van der Waals surface area contributed by atoms with Crippen LogP contribution < -0.4 is 13.7 Å². The van der Waals surface area contributed by atoms with Crippen LogP contribution in [0.3, 0.4) is 0 Å². The molecule has 3 aromatic heterocycles. The zero-order valence-corrected chi connectivity index (χ0v) is 14.9. The molecule has 0 radical (unpaired) electrons. The molecule has 0 bridgehead atoms. The van der Waals surface area contributed by atoms with Gasteiger partial charge in [0, 0.05) is 18.5 Å². The SMILES string of the molecule is COc1ncc(-c2cc(OS(=O)(=O)C(F)(F)F)c3c(F)ccn3n2)c(OC)n1. The molecule has 3 aromatic rings. The number of hydrogen-bond donors (Lipinski definition) is 0. The lowest BCUT2D eigenvalue weighted by atomic mass is 10.2. The van der Waals surface area contributed by atoms with E-state index >= 15 is 0 Å². The number of hydrogen-bond acceptors (Lipinski definition) is 8. The maximum absolute atomic E-state index is 14.0. The number of ether oxygens (including phenoxy) is 2. The Hall–Kier alpha value is -3.16. The van der Waals surface area contributed by atoms with E-state index in [1.807, 2.05) is 0 Å². The van der Waals surface area contributed by atoms with Crippen molar-refractivity contribution < 1.29 is 39.6 Å². The largest absolute Gasteiger partial charge is 0.534 e. The van der Waals surface area contributed by atoms with Crippen molar-refractivity contribution in [2.75, 3.05) is 14.2 Å². The Morgan fingerprint density at radius 3 is 2.50 bits per heavy atom. The van der Waals surface area contributed by atoms with Crippen LogP contribution in [0, 0.1) is 5.82 Å². The smallest absolute Gasteiger partial charge is 0.480 e. The predicted molar refractivity (Wildman–Crippen MR) is 84.9 cm³/mol. The molecule has 3 heterocycles. The molecule has 0 unspecified atom stereocenters. The number of halogens is 4. The zero-order chi connectivity index (χ0) is 20.7. The van der Waals surface area contributed by atoms with Crippen LogP contribution in [0.4, 0.5) is 17.6 Å². The first-order valence-electron chi connectivity index (χ1n) is 7.21. The molecule has 0 spiro atoms. The number of methoxy groups -OCH3 is 2. The van der Waals surface area contributed by atoms with Gasteiger partial charge in [-0.1, -0.05) is 0 Å². The average molecular weight is 422 g/mol. The molecule has 0 saturated carbocycles. The molecular weight excluding hydrogens is 412 g/mol. The van der Waals surface area contributed by atoms with Gasteiger partial charge in [-0.15, -0.1) is 0 Å².